The summed E-state index contributed by atoms with van der Waals surface area (Å²) in [6.07, 6.45) is 6.58. The van der Waals surface area contributed by atoms with Crippen LogP contribution in [0.25, 0.3) is 0 Å². The van der Waals surface area contributed by atoms with Gasteiger partial charge in [0.1, 0.15) is 5.82 Å². The lowest BCUT2D eigenvalue weighted by Crippen LogP contribution is -2.19. The number of hydrogen-bond donors (Lipinski definition) is 1. The minimum absolute atomic E-state index is 0.776. The van der Waals surface area contributed by atoms with Crippen molar-refractivity contribution in [2.45, 2.75) is 39.4 Å². The van der Waals surface area contributed by atoms with Crippen molar-refractivity contribution in [2.75, 3.05) is 18.4 Å². The van der Waals surface area contributed by atoms with E-state index in [9.17, 15) is 0 Å². The largest absolute Gasteiger partial charge is 0.378 e. The molecule has 21 heavy (non-hydrogen) atoms. The Morgan fingerprint density at radius 1 is 1.19 bits per heavy atom. The quantitative estimate of drug-likeness (QED) is 0.885. The number of nitrogens with one attached hydrogen (secondary N) is 1. The van der Waals surface area contributed by atoms with Crippen LogP contribution in [-0.2, 0) is 19.6 Å². The van der Waals surface area contributed by atoms with Crippen molar-refractivity contribution in [1.29, 1.82) is 0 Å². The molecular weight excluding hydrogens is 260 g/mol. The van der Waals surface area contributed by atoms with E-state index in [4.69, 9.17) is 0 Å². The van der Waals surface area contributed by atoms with Crippen LogP contribution in [0.2, 0.25) is 0 Å². The smallest absolute Gasteiger partial charge is 0.128 e. The van der Waals surface area contributed by atoms with Crippen molar-refractivity contribution in [2.24, 2.45) is 0 Å². The Hall–Kier alpha value is -1.81. The van der Waals surface area contributed by atoms with Gasteiger partial charge < -0.3 is 9.88 Å². The Morgan fingerprint density at radius 3 is 2.81 bits per heavy atom. The molecule has 2 heterocycles. The van der Waals surface area contributed by atoms with E-state index in [1.165, 1.54) is 37.2 Å². The summed E-state index contributed by atoms with van der Waals surface area (Å²) >= 11 is 0. The Morgan fingerprint density at radius 2 is 2.00 bits per heavy atom. The van der Waals surface area contributed by atoms with Gasteiger partial charge in [-0.25, -0.2) is 4.98 Å². The number of anilines is 1. The molecule has 0 bridgehead atoms. The predicted molar refractivity (Wildman–Crippen MR) is 86.2 cm³/mol. The molecule has 0 saturated carbocycles. The van der Waals surface area contributed by atoms with Gasteiger partial charge in [0, 0.05) is 31.2 Å². The van der Waals surface area contributed by atoms with E-state index in [1.807, 2.05) is 12.4 Å². The lowest BCUT2D eigenvalue weighted by molar-refractivity contribution is 0.332. The van der Waals surface area contributed by atoms with E-state index in [-0.39, 0.29) is 0 Å². The third-order valence-electron chi connectivity index (χ3n) is 4.19. The molecule has 1 aliphatic rings. The van der Waals surface area contributed by atoms with E-state index < -0.39 is 0 Å². The van der Waals surface area contributed by atoms with Crippen molar-refractivity contribution in [3.8, 4) is 0 Å². The van der Waals surface area contributed by atoms with Gasteiger partial charge in [0.25, 0.3) is 0 Å². The second-order valence-electron chi connectivity index (χ2n) is 5.62. The molecule has 2 aromatic rings. The summed E-state index contributed by atoms with van der Waals surface area (Å²) in [5.74, 6) is 1.09. The normalized spacial score (nSPS) is 15.5. The number of rotatable bonds is 6. The van der Waals surface area contributed by atoms with Crippen molar-refractivity contribution < 1.29 is 0 Å². The summed E-state index contributed by atoms with van der Waals surface area (Å²) in [5, 5.41) is 3.55. The highest BCUT2D eigenvalue weighted by Crippen LogP contribution is 2.20. The molecule has 1 aromatic heterocycles. The molecule has 4 heteroatoms. The molecule has 112 valence electrons. The molecule has 4 nitrogen and oxygen atoms in total. The van der Waals surface area contributed by atoms with Crippen LogP contribution in [0.5, 0.6) is 0 Å². The first kappa shape index (κ1) is 14.1. The highest BCUT2D eigenvalue weighted by Gasteiger charge is 2.13. The summed E-state index contributed by atoms with van der Waals surface area (Å²) in [6, 6.07) is 8.63. The summed E-state index contributed by atoms with van der Waals surface area (Å²) < 4.78 is 2.18. The van der Waals surface area contributed by atoms with Gasteiger partial charge in [-0.05, 0) is 44.5 Å². The second kappa shape index (κ2) is 6.76. The van der Waals surface area contributed by atoms with Gasteiger partial charge >= 0.3 is 0 Å². The van der Waals surface area contributed by atoms with Gasteiger partial charge in [-0.15, -0.1) is 0 Å². The van der Waals surface area contributed by atoms with Crippen molar-refractivity contribution in [3.63, 3.8) is 0 Å². The predicted octanol–water partition coefficient (Wildman–Crippen LogP) is 3.11. The Labute approximate surface area is 126 Å². The van der Waals surface area contributed by atoms with Gasteiger partial charge in [-0.2, -0.15) is 0 Å². The van der Waals surface area contributed by atoms with E-state index in [2.05, 4.69) is 51.0 Å². The van der Waals surface area contributed by atoms with Crippen LogP contribution in [-0.4, -0.2) is 27.5 Å². The lowest BCUT2D eigenvalue weighted by Gasteiger charge is -2.18. The maximum atomic E-state index is 4.43. The Bertz CT molecular complexity index is 570. The first-order valence-electron chi connectivity index (χ1n) is 7.91. The maximum Gasteiger partial charge on any atom is 0.128 e. The molecule has 0 aliphatic carbocycles. The zero-order valence-corrected chi connectivity index (χ0v) is 12.8. The molecule has 0 unspecified atom stereocenters. The standard InChI is InChI=1S/C17H24N4/c1-2-21-12-9-18-17(21)13-19-16-8-4-3-7-15(16)14-20-10-5-6-11-20/h3-4,7-9,12,19H,2,5-6,10-11,13-14H2,1H3. The van der Waals surface area contributed by atoms with Crippen molar-refractivity contribution in [3.05, 3.63) is 48.0 Å². The zero-order chi connectivity index (χ0) is 14.5. The molecular formula is C17H24N4. The van der Waals surface area contributed by atoms with Crippen LogP contribution >= 0.6 is 0 Å². The maximum absolute atomic E-state index is 4.43. The van der Waals surface area contributed by atoms with Crippen LogP contribution in [0.15, 0.2) is 36.7 Å². The van der Waals surface area contributed by atoms with Crippen LogP contribution in [0.4, 0.5) is 5.69 Å². The molecule has 1 aromatic carbocycles. The molecule has 0 amide bonds. The fourth-order valence-corrected chi connectivity index (χ4v) is 2.98. The third kappa shape index (κ3) is 3.45. The average Bonchev–Trinajstić information content (AvgIpc) is 3.17. The lowest BCUT2D eigenvalue weighted by atomic mass is 10.1. The first-order valence-corrected chi connectivity index (χ1v) is 7.91. The van der Waals surface area contributed by atoms with E-state index in [0.29, 0.717) is 0 Å². The van der Waals surface area contributed by atoms with Crippen LogP contribution in [0.3, 0.4) is 0 Å². The van der Waals surface area contributed by atoms with Crippen LogP contribution < -0.4 is 5.32 Å². The van der Waals surface area contributed by atoms with Crippen molar-refractivity contribution >= 4 is 5.69 Å². The van der Waals surface area contributed by atoms with Crippen molar-refractivity contribution in [1.82, 2.24) is 14.5 Å². The number of imidazole rings is 1. The molecule has 0 radical (unpaired) electrons. The number of likely N-dealkylation sites (tertiary alicyclic amines) is 1. The summed E-state index contributed by atoms with van der Waals surface area (Å²) in [5.41, 5.74) is 2.61. The number of hydrogen-bond acceptors (Lipinski definition) is 3. The fraction of sp³-hybridized carbons (Fsp3) is 0.471. The van der Waals surface area contributed by atoms with E-state index in [0.717, 1.165) is 25.5 Å². The molecule has 3 rings (SSSR count). The fourth-order valence-electron chi connectivity index (χ4n) is 2.98. The summed E-state index contributed by atoms with van der Waals surface area (Å²) in [7, 11) is 0. The Balaban J connectivity index is 1.67. The second-order valence-corrected chi connectivity index (χ2v) is 5.62. The molecule has 1 saturated heterocycles. The summed E-state index contributed by atoms with van der Waals surface area (Å²) in [6.45, 7) is 7.39. The van der Waals surface area contributed by atoms with Gasteiger partial charge in [-0.1, -0.05) is 18.2 Å². The highest BCUT2D eigenvalue weighted by molar-refractivity contribution is 5.51. The molecule has 1 N–H and O–H groups in total. The monoisotopic (exact) mass is 284 g/mol. The number of benzene rings is 1. The van der Waals surface area contributed by atoms with Crippen LogP contribution in [0.1, 0.15) is 31.2 Å². The average molecular weight is 284 g/mol. The van der Waals surface area contributed by atoms with E-state index >= 15 is 0 Å². The SMILES string of the molecule is CCn1ccnc1CNc1ccccc1CN1CCCC1. The molecule has 0 spiro atoms. The topological polar surface area (TPSA) is 33.1 Å². The van der Waals surface area contributed by atoms with E-state index in [1.54, 1.807) is 0 Å². The van der Waals surface area contributed by atoms with Gasteiger partial charge in [0.2, 0.25) is 0 Å². The minimum Gasteiger partial charge on any atom is -0.378 e. The van der Waals surface area contributed by atoms with Gasteiger partial charge in [-0.3, -0.25) is 4.90 Å². The number of nitrogens with zero attached hydrogens (tertiary/aromatic N) is 3. The number of aromatic nitrogens is 2. The number of aryl methyl sites for hydroxylation is 1. The third-order valence-corrected chi connectivity index (χ3v) is 4.19. The minimum atomic E-state index is 0.776. The first-order chi connectivity index (χ1) is 10.4. The number of para-hydroxylation sites is 1. The van der Waals surface area contributed by atoms with Crippen LogP contribution in [0, 0.1) is 0 Å². The summed E-state index contributed by atoms with van der Waals surface area (Å²) in [4.78, 5) is 6.96. The highest BCUT2D eigenvalue weighted by atomic mass is 15.1. The Kier molecular flexibility index (Phi) is 4.55. The van der Waals surface area contributed by atoms with Gasteiger partial charge in [0.15, 0.2) is 0 Å². The molecule has 1 fully saturated rings. The molecule has 1 aliphatic heterocycles. The van der Waals surface area contributed by atoms with Gasteiger partial charge in [0.05, 0.1) is 6.54 Å². The zero-order valence-electron chi connectivity index (χ0n) is 12.8. The molecule has 0 atom stereocenters.